The summed E-state index contributed by atoms with van der Waals surface area (Å²) in [6, 6.07) is 9.36. The molecule has 6 nitrogen and oxygen atoms in total. The lowest BCUT2D eigenvalue weighted by Gasteiger charge is -2.26. The number of ether oxygens (including phenoxy) is 4. The number of halogens is 1. The number of hydrogen-bond donors (Lipinski definition) is 0. The van der Waals surface area contributed by atoms with Crippen molar-refractivity contribution < 1.29 is 23.7 Å². The number of thioether (sulfide) groups is 1. The molecule has 8 heteroatoms. The van der Waals surface area contributed by atoms with Gasteiger partial charge in [-0.2, -0.15) is 0 Å². The monoisotopic (exact) mass is 467 g/mol. The minimum Gasteiger partial charge on any atom is -0.497 e. The van der Waals surface area contributed by atoms with Crippen LogP contribution in [0.15, 0.2) is 34.8 Å². The summed E-state index contributed by atoms with van der Waals surface area (Å²) in [5, 5.41) is -0.155. The third-order valence-corrected chi connectivity index (χ3v) is 6.49. The molecule has 1 unspecified atom stereocenters. The second kappa shape index (κ2) is 8.96. The Hall–Kier alpha value is -2.06. The molecular weight excluding hydrogens is 446 g/mol. The van der Waals surface area contributed by atoms with Crippen molar-refractivity contribution in [1.29, 1.82) is 0 Å². The molecule has 150 valence electrons. The number of carbonyl (C=O) groups is 1. The lowest BCUT2D eigenvalue weighted by Crippen LogP contribution is -2.28. The molecule has 1 atom stereocenters. The third-order valence-electron chi connectivity index (χ3n) is 4.57. The quantitative estimate of drug-likeness (QED) is 0.606. The van der Waals surface area contributed by atoms with Gasteiger partial charge in [-0.05, 0) is 30.3 Å². The van der Waals surface area contributed by atoms with E-state index in [1.54, 1.807) is 40.2 Å². The molecule has 0 bridgehead atoms. The van der Waals surface area contributed by atoms with E-state index in [0.717, 1.165) is 27.1 Å². The first-order valence-corrected chi connectivity index (χ1v) is 10.4. The predicted octanol–water partition coefficient (Wildman–Crippen LogP) is 4.26. The number of rotatable bonds is 7. The van der Waals surface area contributed by atoms with E-state index < -0.39 is 0 Å². The molecule has 0 saturated carbocycles. The Morgan fingerprint density at radius 3 is 2.32 bits per heavy atom. The molecule has 0 N–H and O–H groups in total. The molecule has 2 aromatic rings. The highest BCUT2D eigenvalue weighted by molar-refractivity contribution is 9.10. The Bertz CT molecular complexity index is 876. The fourth-order valence-electron chi connectivity index (χ4n) is 3.13. The molecular formula is C20H22BrNO5S. The Kier molecular flexibility index (Phi) is 6.61. The summed E-state index contributed by atoms with van der Waals surface area (Å²) >= 11 is 5.19. The van der Waals surface area contributed by atoms with Crippen LogP contribution in [0.25, 0.3) is 0 Å². The van der Waals surface area contributed by atoms with E-state index in [4.69, 9.17) is 18.9 Å². The van der Waals surface area contributed by atoms with Crippen LogP contribution in [0.4, 0.5) is 0 Å². The molecule has 0 radical (unpaired) electrons. The number of nitrogens with zero attached hydrogens (tertiary/aromatic N) is 1. The van der Waals surface area contributed by atoms with Crippen LogP contribution < -0.4 is 18.9 Å². The molecule has 1 aliphatic heterocycles. The number of benzene rings is 2. The first-order valence-electron chi connectivity index (χ1n) is 8.55. The van der Waals surface area contributed by atoms with Crippen LogP contribution >= 0.6 is 27.7 Å². The fourth-order valence-corrected chi connectivity index (χ4v) is 5.03. The molecule has 1 saturated heterocycles. The van der Waals surface area contributed by atoms with Crippen molar-refractivity contribution in [2.45, 2.75) is 11.9 Å². The minimum atomic E-state index is -0.155. The Labute approximate surface area is 177 Å². The second-order valence-electron chi connectivity index (χ2n) is 6.09. The highest BCUT2D eigenvalue weighted by Gasteiger charge is 2.35. The predicted molar refractivity (Wildman–Crippen MR) is 113 cm³/mol. The Morgan fingerprint density at radius 1 is 1.00 bits per heavy atom. The van der Waals surface area contributed by atoms with E-state index in [2.05, 4.69) is 15.9 Å². The third kappa shape index (κ3) is 4.03. The summed E-state index contributed by atoms with van der Waals surface area (Å²) in [6.07, 6.45) is 0. The van der Waals surface area contributed by atoms with Gasteiger partial charge in [0.1, 0.15) is 16.9 Å². The smallest absolute Gasteiger partial charge is 0.234 e. The number of methoxy groups -OCH3 is 4. The highest BCUT2D eigenvalue weighted by atomic mass is 79.9. The van der Waals surface area contributed by atoms with Crippen molar-refractivity contribution in [3.63, 3.8) is 0 Å². The van der Waals surface area contributed by atoms with Crippen molar-refractivity contribution >= 4 is 33.6 Å². The Morgan fingerprint density at radius 2 is 1.68 bits per heavy atom. The van der Waals surface area contributed by atoms with Crippen molar-refractivity contribution in [2.24, 2.45) is 0 Å². The molecule has 1 amide bonds. The van der Waals surface area contributed by atoms with E-state index in [-0.39, 0.29) is 11.3 Å². The van der Waals surface area contributed by atoms with Gasteiger partial charge >= 0.3 is 0 Å². The van der Waals surface area contributed by atoms with Crippen LogP contribution in [0, 0.1) is 0 Å². The first kappa shape index (κ1) is 20.7. The van der Waals surface area contributed by atoms with Crippen LogP contribution in [0.3, 0.4) is 0 Å². The maximum atomic E-state index is 12.7. The minimum absolute atomic E-state index is 0.0709. The molecule has 0 aliphatic carbocycles. The molecule has 3 rings (SSSR count). The van der Waals surface area contributed by atoms with Gasteiger partial charge in [-0.15, -0.1) is 11.8 Å². The average molecular weight is 468 g/mol. The van der Waals surface area contributed by atoms with E-state index >= 15 is 0 Å². The lowest BCUT2D eigenvalue weighted by molar-refractivity contribution is -0.128. The van der Waals surface area contributed by atoms with Gasteiger partial charge in [0.25, 0.3) is 0 Å². The molecule has 0 spiro atoms. The zero-order chi connectivity index (χ0) is 20.3. The molecule has 28 heavy (non-hydrogen) atoms. The van der Waals surface area contributed by atoms with Gasteiger partial charge < -0.3 is 23.8 Å². The molecule has 1 fully saturated rings. The van der Waals surface area contributed by atoms with Gasteiger partial charge in [-0.1, -0.05) is 15.9 Å². The van der Waals surface area contributed by atoms with Gasteiger partial charge in [-0.3, -0.25) is 4.79 Å². The van der Waals surface area contributed by atoms with Crippen molar-refractivity contribution in [2.75, 3.05) is 34.2 Å². The van der Waals surface area contributed by atoms with E-state index in [1.807, 2.05) is 35.2 Å². The fraction of sp³-hybridized carbons (Fsp3) is 0.350. The van der Waals surface area contributed by atoms with Crippen molar-refractivity contribution in [3.05, 3.63) is 45.9 Å². The zero-order valence-electron chi connectivity index (χ0n) is 16.2. The van der Waals surface area contributed by atoms with Crippen LogP contribution in [-0.2, 0) is 11.3 Å². The zero-order valence-corrected chi connectivity index (χ0v) is 18.6. The van der Waals surface area contributed by atoms with Crippen LogP contribution in [0.2, 0.25) is 0 Å². The first-order chi connectivity index (χ1) is 13.5. The van der Waals surface area contributed by atoms with Crippen molar-refractivity contribution in [3.8, 4) is 23.0 Å². The summed E-state index contributed by atoms with van der Waals surface area (Å²) in [7, 11) is 6.43. The highest BCUT2D eigenvalue weighted by Crippen LogP contribution is 2.46. The summed E-state index contributed by atoms with van der Waals surface area (Å²) in [5.41, 5.74) is 1.84. The maximum absolute atomic E-state index is 12.7. The summed E-state index contributed by atoms with van der Waals surface area (Å²) < 4.78 is 22.5. The van der Waals surface area contributed by atoms with Gasteiger partial charge in [0.2, 0.25) is 5.91 Å². The largest absolute Gasteiger partial charge is 0.497 e. The van der Waals surface area contributed by atoms with Crippen LogP contribution in [0.1, 0.15) is 16.5 Å². The van der Waals surface area contributed by atoms with Crippen molar-refractivity contribution in [1.82, 2.24) is 4.90 Å². The SMILES string of the molecule is COc1ccc(OC)c(CN2C(=O)CSC2c2cc(OC)c(OC)cc2Br)c1. The van der Waals surface area contributed by atoms with E-state index in [9.17, 15) is 4.79 Å². The standard InChI is InChI=1S/C20H22BrNO5S/c1-24-13-5-6-16(25-2)12(7-13)10-22-19(23)11-28-20(22)14-8-17(26-3)18(27-4)9-15(14)21/h5-9,20H,10-11H2,1-4H3. The summed E-state index contributed by atoms with van der Waals surface area (Å²) in [6.45, 7) is 0.414. The molecule has 0 aromatic heterocycles. The summed E-state index contributed by atoms with van der Waals surface area (Å²) in [4.78, 5) is 14.5. The van der Waals surface area contributed by atoms with Gasteiger partial charge in [0.15, 0.2) is 11.5 Å². The van der Waals surface area contributed by atoms with Gasteiger partial charge in [0, 0.05) is 15.6 Å². The van der Waals surface area contributed by atoms with Crippen LogP contribution in [0.5, 0.6) is 23.0 Å². The van der Waals surface area contributed by atoms with Crippen LogP contribution in [-0.4, -0.2) is 45.0 Å². The van der Waals surface area contributed by atoms with Gasteiger partial charge in [-0.25, -0.2) is 0 Å². The maximum Gasteiger partial charge on any atom is 0.234 e. The second-order valence-corrected chi connectivity index (χ2v) is 8.01. The van der Waals surface area contributed by atoms with Gasteiger partial charge in [0.05, 0.1) is 40.7 Å². The van der Waals surface area contributed by atoms with E-state index in [0.29, 0.717) is 23.8 Å². The Balaban J connectivity index is 1.97. The molecule has 1 heterocycles. The number of carbonyl (C=O) groups excluding carboxylic acids is 1. The topological polar surface area (TPSA) is 57.2 Å². The normalized spacial score (nSPS) is 16.2. The molecule has 2 aromatic carbocycles. The lowest BCUT2D eigenvalue weighted by atomic mass is 10.1. The molecule has 1 aliphatic rings. The number of hydrogen-bond acceptors (Lipinski definition) is 6. The summed E-state index contributed by atoms with van der Waals surface area (Å²) in [5.74, 6) is 3.18. The average Bonchev–Trinajstić information content (AvgIpc) is 3.07. The van der Waals surface area contributed by atoms with E-state index in [1.165, 1.54) is 0 Å². The number of amides is 1.